The smallest absolute Gasteiger partial charge is 0.165 e. The normalized spacial score (nSPS) is 10.5. The lowest BCUT2D eigenvalue weighted by atomic mass is 10.2. The quantitative estimate of drug-likeness (QED) is 0.880. The molecule has 0 bridgehead atoms. The molecule has 1 heterocycles. The van der Waals surface area contributed by atoms with Crippen LogP contribution in [0.2, 0.25) is 0 Å². The van der Waals surface area contributed by atoms with Crippen molar-refractivity contribution in [1.29, 1.82) is 0 Å². The Labute approximate surface area is 99.6 Å². The first-order chi connectivity index (χ1) is 8.24. The summed E-state index contributed by atoms with van der Waals surface area (Å²) in [7, 11) is 1.45. The number of hydrogen-bond acceptors (Lipinski definition) is 2. The monoisotopic (exact) mass is 234 g/mol. The topological polar surface area (TPSA) is 40.2 Å². The molecular formula is C13H15FN2O. The van der Waals surface area contributed by atoms with Crippen LogP contribution in [0.3, 0.4) is 0 Å². The van der Waals surface area contributed by atoms with Crippen molar-refractivity contribution < 1.29 is 9.13 Å². The van der Waals surface area contributed by atoms with E-state index in [9.17, 15) is 4.39 Å². The summed E-state index contributed by atoms with van der Waals surface area (Å²) in [5.74, 6) is -0.0771. The zero-order valence-corrected chi connectivity index (χ0v) is 9.69. The van der Waals surface area contributed by atoms with Crippen molar-refractivity contribution in [2.24, 2.45) is 5.73 Å². The Morgan fingerprint density at radius 2 is 2.18 bits per heavy atom. The number of ether oxygens (including phenoxy) is 1. The Morgan fingerprint density at radius 3 is 2.82 bits per heavy atom. The van der Waals surface area contributed by atoms with Crippen LogP contribution in [0.5, 0.6) is 5.75 Å². The molecule has 1 aromatic heterocycles. The first kappa shape index (κ1) is 11.7. The molecule has 4 heteroatoms. The van der Waals surface area contributed by atoms with E-state index in [4.69, 9.17) is 10.5 Å². The van der Waals surface area contributed by atoms with E-state index in [1.54, 1.807) is 6.07 Å². The van der Waals surface area contributed by atoms with Crippen LogP contribution in [0.4, 0.5) is 4.39 Å². The van der Waals surface area contributed by atoms with Gasteiger partial charge in [0, 0.05) is 25.0 Å². The summed E-state index contributed by atoms with van der Waals surface area (Å²) in [4.78, 5) is 0. The van der Waals surface area contributed by atoms with Gasteiger partial charge in [0.15, 0.2) is 11.6 Å². The minimum absolute atomic E-state index is 0.264. The Hall–Kier alpha value is -1.81. The van der Waals surface area contributed by atoms with Crippen molar-refractivity contribution in [3.05, 3.63) is 53.6 Å². The van der Waals surface area contributed by atoms with Gasteiger partial charge in [-0.3, -0.25) is 0 Å². The minimum Gasteiger partial charge on any atom is -0.494 e. The maximum Gasteiger partial charge on any atom is 0.165 e. The fourth-order valence-corrected chi connectivity index (χ4v) is 1.79. The third-order valence-corrected chi connectivity index (χ3v) is 2.70. The zero-order chi connectivity index (χ0) is 12.3. The maximum absolute atomic E-state index is 13.5. The van der Waals surface area contributed by atoms with Gasteiger partial charge in [-0.25, -0.2) is 4.39 Å². The second kappa shape index (κ2) is 5.01. The van der Waals surface area contributed by atoms with Crippen molar-refractivity contribution in [2.45, 2.75) is 13.1 Å². The van der Waals surface area contributed by atoms with Crippen LogP contribution in [-0.4, -0.2) is 11.7 Å². The van der Waals surface area contributed by atoms with E-state index in [1.807, 2.05) is 29.0 Å². The summed E-state index contributed by atoms with van der Waals surface area (Å²) in [6, 6.07) is 8.86. The van der Waals surface area contributed by atoms with Gasteiger partial charge in [-0.05, 0) is 29.8 Å². The molecule has 90 valence electrons. The third-order valence-electron chi connectivity index (χ3n) is 2.70. The van der Waals surface area contributed by atoms with Gasteiger partial charge in [-0.2, -0.15) is 0 Å². The molecule has 0 saturated carbocycles. The molecule has 0 aliphatic carbocycles. The molecule has 2 aromatic rings. The highest BCUT2D eigenvalue weighted by Crippen LogP contribution is 2.18. The number of nitrogens with two attached hydrogens (primary N) is 1. The van der Waals surface area contributed by atoms with Crippen molar-refractivity contribution in [1.82, 2.24) is 4.57 Å². The predicted octanol–water partition coefficient (Wildman–Crippen LogP) is 2.14. The van der Waals surface area contributed by atoms with Crippen LogP contribution in [0, 0.1) is 5.82 Å². The van der Waals surface area contributed by atoms with E-state index in [0.29, 0.717) is 13.1 Å². The molecule has 3 nitrogen and oxygen atoms in total. The summed E-state index contributed by atoms with van der Waals surface area (Å²) in [5.41, 5.74) is 7.52. The predicted molar refractivity (Wildman–Crippen MR) is 64.4 cm³/mol. The van der Waals surface area contributed by atoms with Gasteiger partial charge in [0.25, 0.3) is 0 Å². The first-order valence-corrected chi connectivity index (χ1v) is 5.41. The second-order valence-electron chi connectivity index (χ2n) is 3.80. The fraction of sp³-hybridized carbons (Fsp3) is 0.231. The van der Waals surface area contributed by atoms with E-state index in [1.165, 1.54) is 13.2 Å². The van der Waals surface area contributed by atoms with Crippen LogP contribution in [0.15, 0.2) is 36.5 Å². The first-order valence-electron chi connectivity index (χ1n) is 5.41. The molecule has 0 spiro atoms. The van der Waals surface area contributed by atoms with Crippen LogP contribution in [0.25, 0.3) is 0 Å². The molecule has 1 aromatic carbocycles. The van der Waals surface area contributed by atoms with E-state index < -0.39 is 0 Å². The number of benzene rings is 1. The highest BCUT2D eigenvalue weighted by molar-refractivity contribution is 5.29. The molecule has 0 amide bonds. The minimum atomic E-state index is -0.341. The number of methoxy groups -OCH3 is 1. The lowest BCUT2D eigenvalue weighted by Gasteiger charge is -2.09. The summed E-state index contributed by atoms with van der Waals surface area (Å²) >= 11 is 0. The van der Waals surface area contributed by atoms with Gasteiger partial charge in [0.1, 0.15) is 0 Å². The van der Waals surface area contributed by atoms with Gasteiger partial charge in [0.2, 0.25) is 0 Å². The summed E-state index contributed by atoms with van der Waals surface area (Å²) < 4.78 is 20.4. The van der Waals surface area contributed by atoms with Gasteiger partial charge >= 0.3 is 0 Å². The largest absolute Gasteiger partial charge is 0.494 e. The van der Waals surface area contributed by atoms with Gasteiger partial charge in [-0.15, -0.1) is 0 Å². The molecule has 0 fully saturated rings. The van der Waals surface area contributed by atoms with Crippen LogP contribution >= 0.6 is 0 Å². The van der Waals surface area contributed by atoms with Crippen LogP contribution < -0.4 is 10.5 Å². The molecule has 0 radical (unpaired) electrons. The number of hydrogen-bond donors (Lipinski definition) is 1. The average molecular weight is 234 g/mol. The molecule has 0 aliphatic rings. The van der Waals surface area contributed by atoms with Gasteiger partial charge in [0.05, 0.1) is 7.11 Å². The summed E-state index contributed by atoms with van der Waals surface area (Å²) in [5, 5.41) is 0. The summed E-state index contributed by atoms with van der Waals surface area (Å²) in [6.07, 6.45) is 1.93. The molecule has 0 atom stereocenters. The zero-order valence-electron chi connectivity index (χ0n) is 9.69. The molecule has 2 rings (SSSR count). The standard InChI is InChI=1S/C13H15FN2O/c1-17-13-5-4-10(7-12(13)14)9-16-6-2-3-11(16)8-15/h2-7H,8-9,15H2,1H3. The summed E-state index contributed by atoms with van der Waals surface area (Å²) in [6.45, 7) is 1.09. The highest BCUT2D eigenvalue weighted by Gasteiger charge is 2.05. The molecular weight excluding hydrogens is 219 g/mol. The molecule has 0 saturated heterocycles. The van der Waals surface area contributed by atoms with Crippen molar-refractivity contribution in [2.75, 3.05) is 7.11 Å². The molecule has 0 unspecified atom stereocenters. The lowest BCUT2D eigenvalue weighted by Crippen LogP contribution is -2.07. The Morgan fingerprint density at radius 1 is 1.35 bits per heavy atom. The Bertz CT molecular complexity index is 508. The second-order valence-corrected chi connectivity index (χ2v) is 3.80. The molecule has 17 heavy (non-hydrogen) atoms. The fourth-order valence-electron chi connectivity index (χ4n) is 1.79. The van der Waals surface area contributed by atoms with Crippen LogP contribution in [0.1, 0.15) is 11.3 Å². The van der Waals surface area contributed by atoms with E-state index in [2.05, 4.69) is 0 Å². The van der Waals surface area contributed by atoms with Crippen LogP contribution in [-0.2, 0) is 13.1 Å². The number of halogens is 1. The Kier molecular flexibility index (Phi) is 3.44. The van der Waals surface area contributed by atoms with Crippen molar-refractivity contribution >= 4 is 0 Å². The third kappa shape index (κ3) is 2.47. The lowest BCUT2D eigenvalue weighted by molar-refractivity contribution is 0.386. The number of aromatic nitrogens is 1. The molecule has 0 aliphatic heterocycles. The van der Waals surface area contributed by atoms with Gasteiger partial charge in [-0.1, -0.05) is 6.07 Å². The van der Waals surface area contributed by atoms with Crippen molar-refractivity contribution in [3.63, 3.8) is 0 Å². The number of nitrogens with zero attached hydrogens (tertiary/aromatic N) is 1. The molecule has 2 N–H and O–H groups in total. The average Bonchev–Trinajstić information content (AvgIpc) is 2.76. The Balaban J connectivity index is 2.22. The maximum atomic E-state index is 13.5. The van der Waals surface area contributed by atoms with Gasteiger partial charge < -0.3 is 15.0 Å². The van der Waals surface area contributed by atoms with E-state index in [-0.39, 0.29) is 11.6 Å². The highest BCUT2D eigenvalue weighted by atomic mass is 19.1. The van der Waals surface area contributed by atoms with Crippen molar-refractivity contribution in [3.8, 4) is 5.75 Å². The number of rotatable bonds is 4. The van der Waals surface area contributed by atoms with E-state index in [0.717, 1.165) is 11.3 Å². The SMILES string of the molecule is COc1ccc(Cn2cccc2CN)cc1F. The van der Waals surface area contributed by atoms with E-state index >= 15 is 0 Å².